The average Bonchev–Trinajstić information content (AvgIpc) is 2.45. The zero-order valence-electron chi connectivity index (χ0n) is 6.80. The number of nitrogens with zero attached hydrogens (tertiary/aromatic N) is 2. The predicted molar refractivity (Wildman–Crippen MR) is 45.3 cm³/mol. The van der Waals surface area contributed by atoms with Crippen LogP contribution >= 0.6 is 0 Å². The van der Waals surface area contributed by atoms with E-state index in [1.54, 1.807) is 0 Å². The van der Waals surface area contributed by atoms with Crippen molar-refractivity contribution in [3.63, 3.8) is 0 Å². The Morgan fingerprint density at radius 1 is 1.77 bits per heavy atom. The van der Waals surface area contributed by atoms with Crippen molar-refractivity contribution in [2.75, 3.05) is 0 Å². The van der Waals surface area contributed by atoms with Crippen LogP contribution in [0.5, 0.6) is 0 Å². The van der Waals surface area contributed by atoms with Crippen LogP contribution in [0.15, 0.2) is 12.8 Å². The number of aliphatic carboxylic acids is 1. The number of carbonyl (C=O) groups excluding carboxylic acids is 1. The Morgan fingerprint density at radius 3 is 2.92 bits per heavy atom. The second-order valence-corrected chi connectivity index (χ2v) is 2.36. The minimum Gasteiger partial charge on any atom is -0.480 e. The molecule has 5 heteroatoms. The van der Waals surface area contributed by atoms with E-state index in [4.69, 9.17) is 5.11 Å². The van der Waals surface area contributed by atoms with Gasteiger partial charge in [-0.05, 0) is 6.08 Å². The Morgan fingerprint density at radius 2 is 2.46 bits per heavy atom. The number of aromatic nitrogens is 2. The van der Waals surface area contributed by atoms with Crippen molar-refractivity contribution in [1.82, 2.24) is 9.78 Å². The predicted octanol–water partition coefficient (Wildman–Crippen LogP) is 0.423. The Bertz CT molecular complexity index is 354. The zero-order valence-corrected chi connectivity index (χ0v) is 6.80. The molecule has 0 fully saturated rings. The van der Waals surface area contributed by atoms with Crippen molar-refractivity contribution >= 4 is 18.3 Å². The molecule has 0 aliphatic heterocycles. The normalized spacial score (nSPS) is 9.54. The second-order valence-electron chi connectivity index (χ2n) is 2.36. The fourth-order valence-electron chi connectivity index (χ4n) is 0.977. The summed E-state index contributed by atoms with van der Waals surface area (Å²) in [5.41, 5.74) is 0.772. The maximum atomic E-state index is 10.4. The first-order valence-electron chi connectivity index (χ1n) is 3.54. The van der Waals surface area contributed by atoms with Crippen LogP contribution in [0.4, 0.5) is 0 Å². The molecule has 68 valence electrons. The highest BCUT2D eigenvalue weighted by Crippen LogP contribution is 2.07. The van der Waals surface area contributed by atoms with Crippen LogP contribution in [-0.4, -0.2) is 27.1 Å². The molecule has 0 saturated carbocycles. The summed E-state index contributed by atoms with van der Waals surface area (Å²) >= 11 is 0. The third-order valence-corrected chi connectivity index (χ3v) is 1.52. The molecule has 0 atom stereocenters. The third-order valence-electron chi connectivity index (χ3n) is 1.52. The lowest BCUT2D eigenvalue weighted by Gasteiger charge is -1.99. The van der Waals surface area contributed by atoms with E-state index in [1.165, 1.54) is 17.0 Å². The Kier molecular flexibility index (Phi) is 2.59. The standard InChI is InChI=1S/C8H8N2O3/c1-2-7-6(5-11)3-9-10(7)4-8(12)13/h2-3,5H,1,4H2,(H,12,13). The molecule has 0 unspecified atom stereocenters. The summed E-state index contributed by atoms with van der Waals surface area (Å²) in [6.07, 6.45) is 3.33. The van der Waals surface area contributed by atoms with E-state index in [0.29, 0.717) is 17.5 Å². The number of hydrogen-bond acceptors (Lipinski definition) is 3. The monoisotopic (exact) mass is 180 g/mol. The minimum absolute atomic E-state index is 0.269. The molecule has 0 radical (unpaired) electrons. The summed E-state index contributed by atoms with van der Waals surface area (Å²) in [7, 11) is 0. The lowest BCUT2D eigenvalue weighted by Crippen LogP contribution is -2.11. The molecule has 1 aromatic heterocycles. The van der Waals surface area contributed by atoms with Crippen molar-refractivity contribution in [2.45, 2.75) is 6.54 Å². The number of aldehydes is 1. The molecule has 1 aromatic rings. The van der Waals surface area contributed by atoms with Gasteiger partial charge >= 0.3 is 5.97 Å². The van der Waals surface area contributed by atoms with Crippen LogP contribution in [-0.2, 0) is 11.3 Å². The Hall–Kier alpha value is -1.91. The zero-order chi connectivity index (χ0) is 9.84. The van der Waals surface area contributed by atoms with Crippen molar-refractivity contribution in [2.24, 2.45) is 0 Å². The average molecular weight is 180 g/mol. The van der Waals surface area contributed by atoms with Gasteiger partial charge in [0.2, 0.25) is 0 Å². The van der Waals surface area contributed by atoms with Crippen LogP contribution in [0.1, 0.15) is 16.1 Å². The summed E-state index contributed by atoms with van der Waals surface area (Å²) in [5.74, 6) is -1.01. The van der Waals surface area contributed by atoms with Crippen LogP contribution in [0, 0.1) is 0 Å². The number of hydrogen-bond donors (Lipinski definition) is 1. The number of rotatable bonds is 4. The molecule has 0 aliphatic rings. The maximum Gasteiger partial charge on any atom is 0.325 e. The Labute approximate surface area is 74.3 Å². The molecule has 0 aromatic carbocycles. The fraction of sp³-hybridized carbons (Fsp3) is 0.125. The summed E-state index contributed by atoms with van der Waals surface area (Å²) in [6.45, 7) is 3.20. The van der Waals surface area contributed by atoms with Crippen LogP contribution in [0.3, 0.4) is 0 Å². The highest BCUT2D eigenvalue weighted by atomic mass is 16.4. The Balaban J connectivity index is 3.07. The van der Waals surface area contributed by atoms with Gasteiger partial charge in [-0.2, -0.15) is 5.10 Å². The van der Waals surface area contributed by atoms with Gasteiger partial charge in [-0.3, -0.25) is 14.3 Å². The van der Waals surface area contributed by atoms with Gasteiger partial charge in [-0.1, -0.05) is 6.58 Å². The first-order valence-corrected chi connectivity index (χ1v) is 3.54. The van der Waals surface area contributed by atoms with Crippen LogP contribution < -0.4 is 0 Å². The van der Waals surface area contributed by atoms with E-state index in [-0.39, 0.29) is 6.54 Å². The van der Waals surface area contributed by atoms with E-state index in [2.05, 4.69) is 11.7 Å². The fourth-order valence-corrected chi connectivity index (χ4v) is 0.977. The summed E-state index contributed by atoms with van der Waals surface area (Å²) < 4.78 is 1.21. The first-order chi connectivity index (χ1) is 6.19. The molecule has 0 saturated heterocycles. The van der Waals surface area contributed by atoms with E-state index in [0.717, 1.165) is 0 Å². The van der Waals surface area contributed by atoms with Gasteiger partial charge in [-0.15, -0.1) is 0 Å². The summed E-state index contributed by atoms with van der Waals surface area (Å²) in [4.78, 5) is 20.8. The van der Waals surface area contributed by atoms with E-state index in [9.17, 15) is 9.59 Å². The number of carbonyl (C=O) groups is 2. The topological polar surface area (TPSA) is 72.2 Å². The van der Waals surface area contributed by atoms with Gasteiger partial charge in [0.1, 0.15) is 6.54 Å². The summed E-state index contributed by atoms with van der Waals surface area (Å²) in [5, 5.41) is 12.2. The first kappa shape index (κ1) is 9.18. The SMILES string of the molecule is C=Cc1c(C=O)cnn1CC(=O)O. The molecule has 1 rings (SSSR count). The molecular weight excluding hydrogens is 172 g/mol. The third kappa shape index (κ3) is 1.81. The molecule has 5 nitrogen and oxygen atoms in total. The van der Waals surface area contributed by atoms with Gasteiger partial charge in [-0.25, -0.2) is 0 Å². The van der Waals surface area contributed by atoms with Crippen molar-refractivity contribution in [3.8, 4) is 0 Å². The van der Waals surface area contributed by atoms with Gasteiger partial charge in [0, 0.05) is 0 Å². The van der Waals surface area contributed by atoms with E-state index in [1.807, 2.05) is 0 Å². The van der Waals surface area contributed by atoms with Crippen molar-refractivity contribution < 1.29 is 14.7 Å². The highest BCUT2D eigenvalue weighted by Gasteiger charge is 2.08. The van der Waals surface area contributed by atoms with Gasteiger partial charge in [0.15, 0.2) is 6.29 Å². The van der Waals surface area contributed by atoms with Gasteiger partial charge in [0.05, 0.1) is 17.5 Å². The lowest BCUT2D eigenvalue weighted by atomic mass is 10.2. The molecule has 0 aliphatic carbocycles. The quantitative estimate of drug-likeness (QED) is 0.681. The molecule has 13 heavy (non-hydrogen) atoms. The molecule has 0 amide bonds. The molecular formula is C8H8N2O3. The second kappa shape index (κ2) is 3.66. The van der Waals surface area contributed by atoms with E-state index >= 15 is 0 Å². The lowest BCUT2D eigenvalue weighted by molar-refractivity contribution is -0.137. The van der Waals surface area contributed by atoms with E-state index < -0.39 is 5.97 Å². The smallest absolute Gasteiger partial charge is 0.325 e. The van der Waals surface area contributed by atoms with Crippen LogP contribution in [0.25, 0.3) is 6.08 Å². The largest absolute Gasteiger partial charge is 0.480 e. The van der Waals surface area contributed by atoms with Crippen molar-refractivity contribution in [3.05, 3.63) is 24.0 Å². The molecule has 1 heterocycles. The molecule has 0 bridgehead atoms. The molecule has 0 spiro atoms. The number of carboxylic acid groups (broad SMARTS) is 1. The highest BCUT2D eigenvalue weighted by molar-refractivity contribution is 5.80. The van der Waals surface area contributed by atoms with Crippen LogP contribution in [0.2, 0.25) is 0 Å². The summed E-state index contributed by atoms with van der Waals surface area (Å²) in [6, 6.07) is 0. The van der Waals surface area contributed by atoms with Gasteiger partial charge in [0.25, 0.3) is 0 Å². The van der Waals surface area contributed by atoms with Gasteiger partial charge < -0.3 is 5.11 Å². The van der Waals surface area contributed by atoms with Crippen molar-refractivity contribution in [1.29, 1.82) is 0 Å². The molecule has 1 N–H and O–H groups in total. The minimum atomic E-state index is -1.01. The number of carboxylic acids is 1. The maximum absolute atomic E-state index is 10.4.